The maximum Gasteiger partial charge on any atom is 0.295 e. The Hall–Kier alpha value is -3.66. The number of para-hydroxylation sites is 2. The quantitative estimate of drug-likeness (QED) is 0.531. The van der Waals surface area contributed by atoms with Crippen molar-refractivity contribution in [3.63, 3.8) is 0 Å². The highest BCUT2D eigenvalue weighted by molar-refractivity contribution is 6.10. The van der Waals surface area contributed by atoms with Gasteiger partial charge in [0.1, 0.15) is 5.58 Å². The zero-order valence-electron chi connectivity index (χ0n) is 14.3. The van der Waals surface area contributed by atoms with Gasteiger partial charge in [0, 0.05) is 5.69 Å². The Bertz CT molecular complexity index is 1210. The molecule has 0 radical (unpaired) electrons. The van der Waals surface area contributed by atoms with E-state index in [1.165, 1.54) is 0 Å². The van der Waals surface area contributed by atoms with Crippen molar-refractivity contribution in [3.8, 4) is 0 Å². The lowest BCUT2D eigenvalue weighted by atomic mass is 9.98. The lowest BCUT2D eigenvalue weighted by Gasteiger charge is -2.25. The van der Waals surface area contributed by atoms with E-state index in [1.54, 1.807) is 29.2 Å². The third kappa shape index (κ3) is 2.30. The molecule has 0 bridgehead atoms. The highest BCUT2D eigenvalue weighted by Gasteiger charge is 2.43. The second kappa shape index (κ2) is 5.95. The van der Waals surface area contributed by atoms with Crippen molar-refractivity contribution in [1.82, 2.24) is 0 Å². The molecule has 1 amide bonds. The largest absolute Gasteiger partial charge is 0.450 e. The molecule has 0 fully saturated rings. The Morgan fingerprint density at radius 1 is 0.741 bits per heavy atom. The van der Waals surface area contributed by atoms with Crippen molar-refractivity contribution in [1.29, 1.82) is 0 Å². The van der Waals surface area contributed by atoms with Crippen molar-refractivity contribution >= 4 is 22.6 Å². The van der Waals surface area contributed by atoms with E-state index in [4.69, 9.17) is 4.42 Å². The second-order valence-electron chi connectivity index (χ2n) is 6.49. The summed E-state index contributed by atoms with van der Waals surface area (Å²) in [5.74, 6) is -0.177. The van der Waals surface area contributed by atoms with Gasteiger partial charge in [0.25, 0.3) is 5.91 Å². The van der Waals surface area contributed by atoms with E-state index in [1.807, 2.05) is 60.7 Å². The first-order valence-electron chi connectivity index (χ1n) is 8.75. The lowest BCUT2D eigenvalue weighted by molar-refractivity contribution is 0.0971. The number of hydrogen-bond acceptors (Lipinski definition) is 3. The van der Waals surface area contributed by atoms with Gasteiger partial charge in [-0.2, -0.15) is 0 Å². The molecule has 3 aromatic carbocycles. The maximum atomic E-state index is 13.3. The van der Waals surface area contributed by atoms with Crippen LogP contribution in [0.15, 0.2) is 94.1 Å². The molecule has 1 aliphatic rings. The van der Waals surface area contributed by atoms with Crippen LogP contribution in [0.3, 0.4) is 0 Å². The van der Waals surface area contributed by atoms with E-state index in [-0.39, 0.29) is 17.1 Å². The Kier molecular flexibility index (Phi) is 3.44. The van der Waals surface area contributed by atoms with E-state index >= 15 is 0 Å². The van der Waals surface area contributed by atoms with Gasteiger partial charge in [-0.1, -0.05) is 60.7 Å². The minimum absolute atomic E-state index is 0.122. The molecule has 1 atom stereocenters. The van der Waals surface area contributed by atoms with Gasteiger partial charge in [-0.05, 0) is 29.8 Å². The summed E-state index contributed by atoms with van der Waals surface area (Å²) in [6.45, 7) is 0. The highest BCUT2D eigenvalue weighted by atomic mass is 16.3. The van der Waals surface area contributed by atoms with Gasteiger partial charge in [-0.25, -0.2) is 0 Å². The van der Waals surface area contributed by atoms with Gasteiger partial charge in [-0.15, -0.1) is 0 Å². The molecule has 0 saturated heterocycles. The zero-order chi connectivity index (χ0) is 18.4. The minimum Gasteiger partial charge on any atom is -0.450 e. The number of nitrogens with zero attached hydrogens (tertiary/aromatic N) is 1. The van der Waals surface area contributed by atoms with Crippen LogP contribution in [-0.2, 0) is 0 Å². The second-order valence-corrected chi connectivity index (χ2v) is 6.49. The molecule has 4 aromatic rings. The molecular weight excluding hydrogens is 338 g/mol. The summed E-state index contributed by atoms with van der Waals surface area (Å²) < 4.78 is 5.91. The first kappa shape index (κ1) is 15.6. The fourth-order valence-corrected chi connectivity index (χ4v) is 3.73. The fourth-order valence-electron chi connectivity index (χ4n) is 3.73. The number of carbonyl (C=O) groups excluding carboxylic acids is 1. The van der Waals surface area contributed by atoms with Gasteiger partial charge < -0.3 is 4.42 Å². The summed E-state index contributed by atoms with van der Waals surface area (Å²) in [5, 5.41) is 0.486. The van der Waals surface area contributed by atoms with Crippen LogP contribution in [0.1, 0.15) is 27.7 Å². The Morgan fingerprint density at radius 2 is 1.37 bits per heavy atom. The van der Waals surface area contributed by atoms with Crippen LogP contribution in [0.2, 0.25) is 0 Å². The average molecular weight is 353 g/mol. The zero-order valence-corrected chi connectivity index (χ0v) is 14.3. The van der Waals surface area contributed by atoms with Crippen LogP contribution in [0.4, 0.5) is 5.69 Å². The van der Waals surface area contributed by atoms with E-state index in [9.17, 15) is 9.59 Å². The van der Waals surface area contributed by atoms with Crippen molar-refractivity contribution in [2.75, 3.05) is 4.90 Å². The molecule has 0 N–H and O–H groups in total. The number of amides is 1. The van der Waals surface area contributed by atoms with E-state index in [2.05, 4.69) is 0 Å². The minimum atomic E-state index is -0.517. The number of fused-ring (bicyclic) bond motifs is 2. The lowest BCUT2D eigenvalue weighted by Crippen LogP contribution is -2.29. The van der Waals surface area contributed by atoms with Crippen LogP contribution in [0, 0.1) is 0 Å². The van der Waals surface area contributed by atoms with Crippen LogP contribution in [-0.4, -0.2) is 5.91 Å². The first-order chi connectivity index (χ1) is 13.3. The summed E-state index contributed by atoms with van der Waals surface area (Å²) in [5.41, 5.74) is 2.26. The Labute approximate surface area is 155 Å². The van der Waals surface area contributed by atoms with Crippen LogP contribution in [0.5, 0.6) is 0 Å². The number of anilines is 1. The fraction of sp³-hybridized carbons (Fsp3) is 0.0435. The first-order valence-corrected chi connectivity index (χ1v) is 8.75. The van der Waals surface area contributed by atoms with Gasteiger partial charge in [-0.3, -0.25) is 14.5 Å². The average Bonchev–Trinajstić information content (AvgIpc) is 3.02. The van der Waals surface area contributed by atoms with Crippen molar-refractivity contribution in [2.45, 2.75) is 6.04 Å². The molecule has 0 saturated carbocycles. The Balaban J connectivity index is 1.84. The Morgan fingerprint density at radius 3 is 2.11 bits per heavy atom. The van der Waals surface area contributed by atoms with Gasteiger partial charge in [0.2, 0.25) is 5.76 Å². The molecule has 4 heteroatoms. The van der Waals surface area contributed by atoms with Crippen molar-refractivity contribution in [3.05, 3.63) is 112 Å². The van der Waals surface area contributed by atoms with E-state index in [0.717, 1.165) is 11.3 Å². The van der Waals surface area contributed by atoms with Gasteiger partial charge >= 0.3 is 0 Å². The van der Waals surface area contributed by atoms with Crippen LogP contribution >= 0.6 is 0 Å². The molecule has 4 nitrogen and oxygen atoms in total. The molecule has 0 unspecified atom stereocenters. The number of hydrogen-bond donors (Lipinski definition) is 0. The van der Waals surface area contributed by atoms with E-state index < -0.39 is 6.04 Å². The SMILES string of the molecule is O=C1c2oc3ccccc3c(=O)c2[C@H](c2ccccc2)N1c1ccccc1. The van der Waals surface area contributed by atoms with Gasteiger partial charge in [0.05, 0.1) is 17.0 Å². The standard InChI is InChI=1S/C23H15NO3/c25-21-17-13-7-8-14-18(17)27-22-19(21)20(15-9-3-1-4-10-15)24(23(22)26)16-11-5-2-6-12-16/h1-14,20H/t20-/m0/s1. The molecule has 0 aliphatic carbocycles. The number of benzene rings is 3. The van der Waals surface area contributed by atoms with Gasteiger partial charge in [0.15, 0.2) is 5.43 Å². The predicted octanol–water partition coefficient (Wildman–Crippen LogP) is 4.54. The summed E-state index contributed by atoms with van der Waals surface area (Å²) in [6.07, 6.45) is 0. The molecule has 27 heavy (non-hydrogen) atoms. The predicted molar refractivity (Wildman–Crippen MR) is 104 cm³/mol. The normalized spacial score (nSPS) is 15.9. The van der Waals surface area contributed by atoms with Crippen molar-refractivity contribution < 1.29 is 9.21 Å². The summed E-state index contributed by atoms with van der Waals surface area (Å²) in [6, 6.07) is 25.5. The third-order valence-corrected chi connectivity index (χ3v) is 4.93. The maximum absolute atomic E-state index is 13.3. The molecule has 2 heterocycles. The van der Waals surface area contributed by atoms with Crippen LogP contribution < -0.4 is 10.3 Å². The van der Waals surface area contributed by atoms with E-state index in [0.29, 0.717) is 16.5 Å². The molecule has 1 aliphatic heterocycles. The number of rotatable bonds is 2. The molecule has 1 aromatic heterocycles. The molecule has 130 valence electrons. The van der Waals surface area contributed by atoms with Crippen molar-refractivity contribution in [2.24, 2.45) is 0 Å². The third-order valence-electron chi connectivity index (χ3n) is 4.93. The molecular formula is C23H15NO3. The number of carbonyl (C=O) groups is 1. The highest BCUT2D eigenvalue weighted by Crippen LogP contribution is 2.40. The summed E-state index contributed by atoms with van der Waals surface area (Å²) >= 11 is 0. The summed E-state index contributed by atoms with van der Waals surface area (Å²) in [7, 11) is 0. The topological polar surface area (TPSA) is 50.5 Å². The monoisotopic (exact) mass is 353 g/mol. The summed E-state index contributed by atoms with van der Waals surface area (Å²) in [4.78, 5) is 28.2. The molecule has 0 spiro atoms. The molecule has 5 rings (SSSR count). The smallest absolute Gasteiger partial charge is 0.295 e. The van der Waals surface area contributed by atoms with Crippen LogP contribution in [0.25, 0.3) is 11.0 Å².